The quantitative estimate of drug-likeness (QED) is 0.615. The predicted molar refractivity (Wildman–Crippen MR) is 109 cm³/mol. The Hall–Kier alpha value is -3.67. The third kappa shape index (κ3) is 5.17. The van der Waals surface area contributed by atoms with Crippen LogP contribution in [0.2, 0.25) is 0 Å². The molecule has 0 bridgehead atoms. The highest BCUT2D eigenvalue weighted by Gasteiger charge is 2.09. The monoisotopic (exact) mass is 375 g/mol. The Labute approximate surface area is 163 Å². The molecule has 0 saturated carbocycles. The van der Waals surface area contributed by atoms with Crippen LogP contribution < -0.4 is 10.6 Å². The second-order valence-electron chi connectivity index (χ2n) is 6.12. The van der Waals surface area contributed by atoms with Crippen LogP contribution in [0.15, 0.2) is 72.9 Å². The number of carbonyl (C=O) groups is 2. The van der Waals surface area contributed by atoms with E-state index in [0.717, 1.165) is 13.0 Å². The van der Waals surface area contributed by atoms with Crippen LogP contribution in [-0.4, -0.2) is 30.5 Å². The molecule has 0 aliphatic rings. The zero-order valence-electron chi connectivity index (χ0n) is 15.5. The Morgan fingerprint density at radius 1 is 0.964 bits per heavy atom. The molecule has 3 rings (SSSR count). The maximum atomic E-state index is 12.5. The number of aromatic nitrogens is 1. The van der Waals surface area contributed by atoms with Gasteiger partial charge in [0, 0.05) is 24.0 Å². The zero-order chi connectivity index (χ0) is 19.8. The summed E-state index contributed by atoms with van der Waals surface area (Å²) in [5, 5.41) is 6.04. The molecule has 2 aromatic carbocycles. The smallest absolute Gasteiger partial charge is 0.337 e. The van der Waals surface area contributed by atoms with Gasteiger partial charge in [-0.15, -0.1) is 0 Å². The fraction of sp³-hybridized carbons (Fsp3) is 0.136. The van der Waals surface area contributed by atoms with Crippen LogP contribution in [0.5, 0.6) is 0 Å². The van der Waals surface area contributed by atoms with Crippen LogP contribution in [0.3, 0.4) is 0 Å². The van der Waals surface area contributed by atoms with E-state index in [2.05, 4.69) is 32.5 Å². The lowest BCUT2D eigenvalue weighted by atomic mass is 10.1. The molecule has 142 valence electrons. The van der Waals surface area contributed by atoms with Crippen LogP contribution in [0, 0.1) is 0 Å². The van der Waals surface area contributed by atoms with Gasteiger partial charge in [-0.1, -0.05) is 30.3 Å². The molecule has 3 aromatic rings. The van der Waals surface area contributed by atoms with E-state index in [0.29, 0.717) is 22.6 Å². The highest BCUT2D eigenvalue weighted by atomic mass is 16.5. The Morgan fingerprint density at radius 2 is 1.71 bits per heavy atom. The number of ether oxygens (including phenoxy) is 1. The first kappa shape index (κ1) is 19.1. The largest absolute Gasteiger partial charge is 0.465 e. The average molecular weight is 375 g/mol. The van der Waals surface area contributed by atoms with E-state index in [4.69, 9.17) is 0 Å². The maximum Gasteiger partial charge on any atom is 0.337 e. The molecule has 0 saturated heterocycles. The minimum atomic E-state index is -0.418. The average Bonchev–Trinajstić information content (AvgIpc) is 2.74. The minimum absolute atomic E-state index is 0.251. The lowest BCUT2D eigenvalue weighted by Gasteiger charge is -2.09. The zero-order valence-corrected chi connectivity index (χ0v) is 15.5. The first-order chi connectivity index (χ1) is 13.7. The Bertz CT molecular complexity index is 941. The van der Waals surface area contributed by atoms with Gasteiger partial charge in [0.05, 0.1) is 12.7 Å². The van der Waals surface area contributed by atoms with Crippen LogP contribution in [0.1, 0.15) is 26.3 Å². The molecule has 1 aromatic heterocycles. The van der Waals surface area contributed by atoms with Gasteiger partial charge in [-0.3, -0.25) is 4.79 Å². The summed E-state index contributed by atoms with van der Waals surface area (Å²) in [6.45, 7) is 0.719. The molecule has 28 heavy (non-hydrogen) atoms. The van der Waals surface area contributed by atoms with Gasteiger partial charge >= 0.3 is 5.97 Å². The second kappa shape index (κ2) is 9.32. The normalized spacial score (nSPS) is 10.2. The number of rotatable bonds is 7. The molecule has 1 heterocycles. The standard InChI is InChI=1S/C22H21N3O3/c1-28-22(27)17-7-9-19(10-8-17)25-21(26)18-12-14-24-20(15-18)23-13-11-16-5-3-2-4-6-16/h2-10,12,14-15H,11,13H2,1H3,(H,23,24)(H,25,26). The number of carbonyl (C=O) groups excluding carboxylic acids is 2. The van der Waals surface area contributed by atoms with Gasteiger partial charge in [0.2, 0.25) is 0 Å². The molecular formula is C22H21N3O3. The van der Waals surface area contributed by atoms with Crippen molar-refractivity contribution in [3.05, 3.63) is 89.6 Å². The van der Waals surface area contributed by atoms with Gasteiger partial charge in [0.1, 0.15) is 5.82 Å². The number of amides is 1. The molecule has 2 N–H and O–H groups in total. The van der Waals surface area contributed by atoms with E-state index in [1.54, 1.807) is 42.6 Å². The summed E-state index contributed by atoms with van der Waals surface area (Å²) >= 11 is 0. The van der Waals surface area contributed by atoms with Gasteiger partial charge in [0.25, 0.3) is 5.91 Å². The Balaban J connectivity index is 1.58. The van der Waals surface area contributed by atoms with Crippen molar-refractivity contribution in [1.29, 1.82) is 0 Å². The summed E-state index contributed by atoms with van der Waals surface area (Å²) in [7, 11) is 1.33. The minimum Gasteiger partial charge on any atom is -0.465 e. The fourth-order valence-corrected chi connectivity index (χ4v) is 2.66. The summed E-state index contributed by atoms with van der Waals surface area (Å²) in [6.07, 6.45) is 2.46. The molecule has 0 unspecified atom stereocenters. The molecular weight excluding hydrogens is 354 g/mol. The maximum absolute atomic E-state index is 12.5. The van der Waals surface area contributed by atoms with E-state index in [-0.39, 0.29) is 5.91 Å². The molecule has 0 aliphatic heterocycles. The lowest BCUT2D eigenvalue weighted by Crippen LogP contribution is -2.13. The summed E-state index contributed by atoms with van der Waals surface area (Å²) in [5.41, 5.74) is 2.75. The van der Waals surface area contributed by atoms with Crippen molar-refractivity contribution in [1.82, 2.24) is 4.98 Å². The van der Waals surface area contributed by atoms with Gasteiger partial charge in [-0.2, -0.15) is 0 Å². The van der Waals surface area contributed by atoms with Crippen LogP contribution in [0.4, 0.5) is 11.5 Å². The molecule has 0 fully saturated rings. The molecule has 6 nitrogen and oxygen atoms in total. The summed E-state index contributed by atoms with van der Waals surface area (Å²) in [4.78, 5) is 28.2. The van der Waals surface area contributed by atoms with Crippen LogP contribution >= 0.6 is 0 Å². The van der Waals surface area contributed by atoms with Crippen molar-refractivity contribution in [2.24, 2.45) is 0 Å². The lowest BCUT2D eigenvalue weighted by molar-refractivity contribution is 0.0600. The number of hydrogen-bond donors (Lipinski definition) is 2. The number of methoxy groups -OCH3 is 1. The van der Waals surface area contributed by atoms with Crippen molar-refractivity contribution in [2.75, 3.05) is 24.3 Å². The van der Waals surface area contributed by atoms with Gasteiger partial charge in [-0.25, -0.2) is 9.78 Å². The van der Waals surface area contributed by atoms with Gasteiger partial charge < -0.3 is 15.4 Å². The third-order valence-corrected chi connectivity index (χ3v) is 4.15. The number of benzene rings is 2. The molecule has 6 heteroatoms. The van der Waals surface area contributed by atoms with E-state index in [9.17, 15) is 9.59 Å². The first-order valence-corrected chi connectivity index (χ1v) is 8.89. The molecule has 0 atom stereocenters. The fourth-order valence-electron chi connectivity index (χ4n) is 2.66. The van der Waals surface area contributed by atoms with E-state index in [1.807, 2.05) is 18.2 Å². The second-order valence-corrected chi connectivity index (χ2v) is 6.12. The molecule has 1 amide bonds. The van der Waals surface area contributed by atoms with E-state index in [1.165, 1.54) is 12.7 Å². The van der Waals surface area contributed by atoms with Crippen molar-refractivity contribution in [3.63, 3.8) is 0 Å². The number of anilines is 2. The van der Waals surface area contributed by atoms with Crippen molar-refractivity contribution >= 4 is 23.4 Å². The molecule has 0 radical (unpaired) electrons. The van der Waals surface area contributed by atoms with Crippen molar-refractivity contribution in [3.8, 4) is 0 Å². The number of pyridine rings is 1. The van der Waals surface area contributed by atoms with E-state index < -0.39 is 5.97 Å². The number of nitrogens with zero attached hydrogens (tertiary/aromatic N) is 1. The SMILES string of the molecule is COC(=O)c1ccc(NC(=O)c2ccnc(NCCc3ccccc3)c2)cc1. The van der Waals surface area contributed by atoms with E-state index >= 15 is 0 Å². The molecule has 0 aliphatic carbocycles. The highest BCUT2D eigenvalue weighted by Crippen LogP contribution is 2.14. The third-order valence-electron chi connectivity index (χ3n) is 4.15. The number of hydrogen-bond acceptors (Lipinski definition) is 5. The first-order valence-electron chi connectivity index (χ1n) is 8.89. The van der Waals surface area contributed by atoms with Crippen LogP contribution in [0.25, 0.3) is 0 Å². The number of nitrogens with one attached hydrogen (secondary N) is 2. The molecule has 0 spiro atoms. The number of esters is 1. The summed E-state index contributed by atoms with van der Waals surface area (Å²) in [6, 6.07) is 20.0. The van der Waals surface area contributed by atoms with Crippen LogP contribution in [-0.2, 0) is 11.2 Å². The predicted octanol–water partition coefficient (Wildman–Crippen LogP) is 3.78. The highest BCUT2D eigenvalue weighted by molar-refractivity contribution is 6.04. The van der Waals surface area contributed by atoms with Gasteiger partial charge in [-0.05, 0) is 48.4 Å². The Kier molecular flexibility index (Phi) is 6.36. The Morgan fingerprint density at radius 3 is 2.43 bits per heavy atom. The van der Waals surface area contributed by atoms with Crippen molar-refractivity contribution < 1.29 is 14.3 Å². The summed E-state index contributed by atoms with van der Waals surface area (Å²) in [5.74, 6) is -0.0258. The summed E-state index contributed by atoms with van der Waals surface area (Å²) < 4.78 is 4.66. The van der Waals surface area contributed by atoms with Gasteiger partial charge in [0.15, 0.2) is 0 Å². The topological polar surface area (TPSA) is 80.3 Å². The van der Waals surface area contributed by atoms with Crippen molar-refractivity contribution in [2.45, 2.75) is 6.42 Å².